The highest BCUT2D eigenvalue weighted by molar-refractivity contribution is 5.70. The molecule has 0 aromatic heterocycles. The molecule has 0 amide bonds. The molecule has 1 aliphatic rings. The fourth-order valence-corrected chi connectivity index (χ4v) is 0.971. The zero-order valence-corrected chi connectivity index (χ0v) is 5.94. The van der Waals surface area contributed by atoms with Crippen LogP contribution in [0.5, 0.6) is 0 Å². The molecule has 1 rings (SSSR count). The van der Waals surface area contributed by atoms with Crippen molar-refractivity contribution in [1.82, 2.24) is 0 Å². The van der Waals surface area contributed by atoms with Gasteiger partial charge in [-0.15, -0.1) is 0 Å². The summed E-state index contributed by atoms with van der Waals surface area (Å²) in [6.45, 7) is 4.78. The van der Waals surface area contributed by atoms with Gasteiger partial charge in [0.25, 0.3) is 0 Å². The van der Waals surface area contributed by atoms with Crippen LogP contribution >= 0.6 is 0 Å². The number of hydrogen-bond acceptors (Lipinski definition) is 2. The molecular weight excluding hydrogens is 116 g/mol. The molecule has 0 atom stereocenters. The van der Waals surface area contributed by atoms with Crippen molar-refractivity contribution in [2.75, 3.05) is 6.61 Å². The summed E-state index contributed by atoms with van der Waals surface area (Å²) in [6.07, 6.45) is 1.58. The molecular formula is C7H12O2. The Labute approximate surface area is 55.2 Å². The SMILES string of the molecule is CC1(C)CCOC(=O)C1. The zero-order valence-electron chi connectivity index (χ0n) is 5.94. The summed E-state index contributed by atoms with van der Waals surface area (Å²) in [6, 6.07) is 0. The van der Waals surface area contributed by atoms with Gasteiger partial charge in [0.15, 0.2) is 0 Å². The van der Waals surface area contributed by atoms with E-state index < -0.39 is 0 Å². The number of cyclic esters (lactones) is 1. The average molecular weight is 128 g/mol. The minimum Gasteiger partial charge on any atom is -0.466 e. The van der Waals surface area contributed by atoms with Crippen LogP contribution in [-0.2, 0) is 9.53 Å². The van der Waals surface area contributed by atoms with Crippen LogP contribution in [0.4, 0.5) is 0 Å². The predicted molar refractivity (Wildman–Crippen MR) is 34.0 cm³/mol. The molecule has 52 valence electrons. The molecule has 0 saturated carbocycles. The third-order valence-corrected chi connectivity index (χ3v) is 1.66. The molecule has 0 spiro atoms. The first-order chi connectivity index (χ1) is 4.10. The Bertz CT molecular complexity index is 127. The first-order valence-corrected chi connectivity index (χ1v) is 3.26. The Hall–Kier alpha value is -0.530. The van der Waals surface area contributed by atoms with Crippen LogP contribution in [0.3, 0.4) is 0 Å². The summed E-state index contributed by atoms with van der Waals surface area (Å²) in [5.74, 6) is -0.0498. The van der Waals surface area contributed by atoms with Gasteiger partial charge >= 0.3 is 5.97 Å². The highest BCUT2D eigenvalue weighted by atomic mass is 16.5. The molecule has 0 aromatic rings. The zero-order chi connectivity index (χ0) is 6.91. The lowest BCUT2D eigenvalue weighted by molar-refractivity contribution is -0.151. The van der Waals surface area contributed by atoms with Crippen molar-refractivity contribution in [1.29, 1.82) is 0 Å². The van der Waals surface area contributed by atoms with Crippen molar-refractivity contribution in [2.45, 2.75) is 26.7 Å². The second kappa shape index (κ2) is 2.01. The van der Waals surface area contributed by atoms with Gasteiger partial charge in [0.05, 0.1) is 13.0 Å². The van der Waals surface area contributed by atoms with Gasteiger partial charge < -0.3 is 4.74 Å². The fourth-order valence-electron chi connectivity index (χ4n) is 0.971. The van der Waals surface area contributed by atoms with Gasteiger partial charge in [-0.25, -0.2) is 0 Å². The second-order valence-electron chi connectivity index (χ2n) is 3.31. The lowest BCUT2D eigenvalue weighted by Crippen LogP contribution is -2.27. The van der Waals surface area contributed by atoms with Crippen LogP contribution in [0.2, 0.25) is 0 Å². The summed E-state index contributed by atoms with van der Waals surface area (Å²) in [5, 5.41) is 0. The molecule has 0 radical (unpaired) electrons. The van der Waals surface area contributed by atoms with Crippen molar-refractivity contribution in [2.24, 2.45) is 5.41 Å². The van der Waals surface area contributed by atoms with E-state index in [0.29, 0.717) is 13.0 Å². The summed E-state index contributed by atoms with van der Waals surface area (Å²) >= 11 is 0. The Kier molecular flexibility index (Phi) is 1.47. The van der Waals surface area contributed by atoms with Gasteiger partial charge in [-0.3, -0.25) is 4.79 Å². The Morgan fingerprint density at radius 2 is 2.22 bits per heavy atom. The largest absolute Gasteiger partial charge is 0.466 e. The maximum absolute atomic E-state index is 10.7. The van der Waals surface area contributed by atoms with E-state index in [0.717, 1.165) is 6.42 Å². The fraction of sp³-hybridized carbons (Fsp3) is 0.857. The normalized spacial score (nSPS) is 25.3. The molecule has 0 bridgehead atoms. The van der Waals surface area contributed by atoms with E-state index >= 15 is 0 Å². The smallest absolute Gasteiger partial charge is 0.306 e. The van der Waals surface area contributed by atoms with Crippen LogP contribution in [0.15, 0.2) is 0 Å². The van der Waals surface area contributed by atoms with Crippen molar-refractivity contribution < 1.29 is 9.53 Å². The summed E-state index contributed by atoms with van der Waals surface area (Å²) in [5.41, 5.74) is 0.176. The first kappa shape index (κ1) is 6.59. The lowest BCUT2D eigenvalue weighted by atomic mass is 9.85. The van der Waals surface area contributed by atoms with Crippen LogP contribution < -0.4 is 0 Å². The molecule has 1 fully saturated rings. The molecule has 9 heavy (non-hydrogen) atoms. The van der Waals surface area contributed by atoms with Crippen molar-refractivity contribution >= 4 is 5.97 Å². The third-order valence-electron chi connectivity index (χ3n) is 1.66. The Morgan fingerprint density at radius 3 is 2.56 bits per heavy atom. The summed E-state index contributed by atoms with van der Waals surface area (Å²) < 4.78 is 4.77. The van der Waals surface area contributed by atoms with E-state index in [1.165, 1.54) is 0 Å². The van der Waals surface area contributed by atoms with E-state index in [-0.39, 0.29) is 11.4 Å². The van der Waals surface area contributed by atoms with Gasteiger partial charge in [0.1, 0.15) is 0 Å². The topological polar surface area (TPSA) is 26.3 Å². The number of carbonyl (C=O) groups is 1. The summed E-state index contributed by atoms with van der Waals surface area (Å²) in [4.78, 5) is 10.7. The maximum atomic E-state index is 10.7. The van der Waals surface area contributed by atoms with E-state index in [2.05, 4.69) is 13.8 Å². The Balaban J connectivity index is 2.51. The molecule has 2 heteroatoms. The van der Waals surface area contributed by atoms with E-state index in [9.17, 15) is 4.79 Å². The molecule has 0 aromatic carbocycles. The van der Waals surface area contributed by atoms with Gasteiger partial charge in [-0.2, -0.15) is 0 Å². The van der Waals surface area contributed by atoms with Crippen molar-refractivity contribution in [3.05, 3.63) is 0 Å². The lowest BCUT2D eigenvalue weighted by Gasteiger charge is -2.27. The summed E-state index contributed by atoms with van der Waals surface area (Å²) in [7, 11) is 0. The third kappa shape index (κ3) is 1.70. The van der Waals surface area contributed by atoms with Gasteiger partial charge in [-0.05, 0) is 11.8 Å². The van der Waals surface area contributed by atoms with E-state index in [1.54, 1.807) is 0 Å². The van der Waals surface area contributed by atoms with Crippen LogP contribution in [-0.4, -0.2) is 12.6 Å². The van der Waals surface area contributed by atoms with Gasteiger partial charge in [0.2, 0.25) is 0 Å². The molecule has 1 saturated heterocycles. The molecule has 0 unspecified atom stereocenters. The quantitative estimate of drug-likeness (QED) is 0.460. The number of hydrogen-bond donors (Lipinski definition) is 0. The molecule has 2 nitrogen and oxygen atoms in total. The van der Waals surface area contributed by atoms with Gasteiger partial charge in [-0.1, -0.05) is 13.8 Å². The number of ether oxygens (including phenoxy) is 1. The van der Waals surface area contributed by atoms with Crippen LogP contribution in [0.1, 0.15) is 26.7 Å². The number of carbonyl (C=O) groups excluding carboxylic acids is 1. The second-order valence-corrected chi connectivity index (χ2v) is 3.31. The van der Waals surface area contributed by atoms with Crippen LogP contribution in [0, 0.1) is 5.41 Å². The number of esters is 1. The Morgan fingerprint density at radius 1 is 1.56 bits per heavy atom. The minimum atomic E-state index is -0.0498. The number of rotatable bonds is 0. The highest BCUT2D eigenvalue weighted by Gasteiger charge is 2.27. The maximum Gasteiger partial charge on any atom is 0.306 e. The van der Waals surface area contributed by atoms with Gasteiger partial charge in [0, 0.05) is 0 Å². The standard InChI is InChI=1S/C7H12O2/c1-7(2)3-4-9-6(8)5-7/h3-5H2,1-2H3. The average Bonchev–Trinajstić information content (AvgIpc) is 1.60. The predicted octanol–water partition coefficient (Wildman–Crippen LogP) is 1.35. The van der Waals surface area contributed by atoms with E-state index in [4.69, 9.17) is 4.74 Å². The molecule has 1 aliphatic heterocycles. The molecule has 0 N–H and O–H groups in total. The first-order valence-electron chi connectivity index (χ1n) is 3.26. The van der Waals surface area contributed by atoms with Crippen LogP contribution in [0.25, 0.3) is 0 Å². The molecule has 1 heterocycles. The minimum absolute atomic E-state index is 0.0498. The van der Waals surface area contributed by atoms with Crippen molar-refractivity contribution in [3.8, 4) is 0 Å². The molecule has 0 aliphatic carbocycles. The van der Waals surface area contributed by atoms with E-state index in [1.807, 2.05) is 0 Å². The van der Waals surface area contributed by atoms with Crippen molar-refractivity contribution in [3.63, 3.8) is 0 Å². The monoisotopic (exact) mass is 128 g/mol. The highest BCUT2D eigenvalue weighted by Crippen LogP contribution is 2.28.